The second-order valence-corrected chi connectivity index (χ2v) is 5.17. The number of aliphatic carboxylic acids is 1. The molecule has 0 amide bonds. The van der Waals surface area contributed by atoms with Gasteiger partial charge in [-0.15, -0.1) is 0 Å². The van der Waals surface area contributed by atoms with E-state index in [1.807, 2.05) is 0 Å². The van der Waals surface area contributed by atoms with E-state index in [1.54, 1.807) is 12.1 Å². The Kier molecular flexibility index (Phi) is 4.30. The molecule has 4 heteroatoms. The summed E-state index contributed by atoms with van der Waals surface area (Å²) in [4.78, 5) is 23.0. The molecule has 0 heterocycles. The van der Waals surface area contributed by atoms with Gasteiger partial charge in [-0.1, -0.05) is 18.6 Å². The molecule has 1 aromatic carbocycles. The van der Waals surface area contributed by atoms with Crippen LogP contribution < -0.4 is 0 Å². The molecule has 0 aromatic heterocycles. The molecule has 1 saturated carbocycles. The largest absolute Gasteiger partial charge is 0.481 e. The van der Waals surface area contributed by atoms with Gasteiger partial charge in [-0.2, -0.15) is 0 Å². The molecule has 0 aliphatic heterocycles. The van der Waals surface area contributed by atoms with Gasteiger partial charge in [-0.3, -0.25) is 9.59 Å². The number of hydrogen-bond donors (Lipinski definition) is 1. The van der Waals surface area contributed by atoms with Crippen LogP contribution in [0.5, 0.6) is 0 Å². The Labute approximate surface area is 111 Å². The molecule has 0 bridgehead atoms. The molecule has 0 unspecified atom stereocenters. The first-order valence-corrected chi connectivity index (χ1v) is 6.58. The van der Waals surface area contributed by atoms with Crippen molar-refractivity contribution in [2.75, 3.05) is 0 Å². The van der Waals surface area contributed by atoms with Gasteiger partial charge < -0.3 is 5.11 Å². The van der Waals surface area contributed by atoms with Crippen LogP contribution in [0.15, 0.2) is 24.3 Å². The predicted octanol–water partition coefficient (Wildman–Crippen LogP) is 3.29. The van der Waals surface area contributed by atoms with E-state index in [-0.39, 0.29) is 29.6 Å². The van der Waals surface area contributed by atoms with Crippen molar-refractivity contribution in [3.05, 3.63) is 35.6 Å². The highest BCUT2D eigenvalue weighted by atomic mass is 19.1. The highest BCUT2D eigenvalue weighted by Gasteiger charge is 2.28. The van der Waals surface area contributed by atoms with Gasteiger partial charge in [-0.25, -0.2) is 4.39 Å². The number of hydrogen-bond acceptors (Lipinski definition) is 2. The molecule has 2 rings (SSSR count). The van der Waals surface area contributed by atoms with Gasteiger partial charge in [0.2, 0.25) is 0 Å². The lowest BCUT2D eigenvalue weighted by atomic mass is 9.78. The Morgan fingerprint density at radius 1 is 1.26 bits per heavy atom. The number of carboxylic acids is 1. The first-order chi connectivity index (χ1) is 9.08. The number of carboxylic acid groups (broad SMARTS) is 1. The average Bonchev–Trinajstić information content (AvgIpc) is 2.39. The van der Waals surface area contributed by atoms with Crippen molar-refractivity contribution in [3.8, 4) is 0 Å². The lowest BCUT2D eigenvalue weighted by molar-refractivity contribution is -0.143. The van der Waals surface area contributed by atoms with Crippen LogP contribution >= 0.6 is 0 Å². The highest BCUT2D eigenvalue weighted by Crippen LogP contribution is 2.32. The van der Waals surface area contributed by atoms with Crippen molar-refractivity contribution in [1.29, 1.82) is 0 Å². The number of rotatable bonds is 4. The third-order valence-electron chi connectivity index (χ3n) is 3.78. The molecule has 1 aromatic rings. The molecule has 1 N–H and O–H groups in total. The summed E-state index contributed by atoms with van der Waals surface area (Å²) in [5.41, 5.74) is 0.111. The Hall–Kier alpha value is -1.71. The minimum Gasteiger partial charge on any atom is -0.481 e. The molecule has 0 spiro atoms. The van der Waals surface area contributed by atoms with Crippen LogP contribution in [0.3, 0.4) is 0 Å². The molecule has 0 radical (unpaired) electrons. The van der Waals surface area contributed by atoms with Crippen molar-refractivity contribution in [2.24, 2.45) is 11.8 Å². The molecular weight excluding hydrogens is 247 g/mol. The number of Topliss-reactive ketones (excluding diaryl/α,β-unsaturated/α-hetero) is 1. The zero-order valence-electron chi connectivity index (χ0n) is 10.6. The van der Waals surface area contributed by atoms with Gasteiger partial charge in [0.05, 0.1) is 11.5 Å². The zero-order valence-corrected chi connectivity index (χ0v) is 10.6. The quantitative estimate of drug-likeness (QED) is 0.849. The first-order valence-electron chi connectivity index (χ1n) is 6.58. The first kappa shape index (κ1) is 13.7. The predicted molar refractivity (Wildman–Crippen MR) is 68.4 cm³/mol. The van der Waals surface area contributed by atoms with Crippen molar-refractivity contribution >= 4 is 11.8 Å². The highest BCUT2D eigenvalue weighted by molar-refractivity contribution is 5.96. The second kappa shape index (κ2) is 5.95. The van der Waals surface area contributed by atoms with E-state index in [4.69, 9.17) is 5.11 Å². The van der Waals surface area contributed by atoms with Crippen LogP contribution in [-0.2, 0) is 4.79 Å². The number of carbonyl (C=O) groups excluding carboxylic acids is 1. The molecule has 1 aliphatic carbocycles. The Bertz CT molecular complexity index is 484. The normalized spacial score (nSPS) is 23.0. The van der Waals surface area contributed by atoms with Gasteiger partial charge in [0.1, 0.15) is 5.82 Å². The van der Waals surface area contributed by atoms with E-state index < -0.39 is 11.8 Å². The molecule has 1 fully saturated rings. The minimum atomic E-state index is -0.789. The van der Waals surface area contributed by atoms with Crippen LogP contribution in [0.4, 0.5) is 4.39 Å². The van der Waals surface area contributed by atoms with Gasteiger partial charge >= 0.3 is 5.97 Å². The molecular formula is C15H17FO3. The monoisotopic (exact) mass is 264 g/mol. The minimum absolute atomic E-state index is 0.0574. The maximum Gasteiger partial charge on any atom is 0.306 e. The van der Waals surface area contributed by atoms with Gasteiger partial charge in [0.15, 0.2) is 5.78 Å². The number of benzene rings is 1. The van der Waals surface area contributed by atoms with Crippen LogP contribution in [0.1, 0.15) is 42.5 Å². The molecule has 1 aliphatic rings. The Morgan fingerprint density at radius 3 is 2.68 bits per heavy atom. The van der Waals surface area contributed by atoms with E-state index in [0.717, 1.165) is 12.8 Å². The summed E-state index contributed by atoms with van der Waals surface area (Å²) >= 11 is 0. The number of halogens is 1. The van der Waals surface area contributed by atoms with Crippen LogP contribution in [0.2, 0.25) is 0 Å². The van der Waals surface area contributed by atoms with Crippen molar-refractivity contribution in [3.63, 3.8) is 0 Å². The van der Waals surface area contributed by atoms with E-state index in [0.29, 0.717) is 12.8 Å². The van der Waals surface area contributed by atoms with Gasteiger partial charge in [-0.05, 0) is 37.3 Å². The molecule has 102 valence electrons. The zero-order chi connectivity index (χ0) is 13.8. The van der Waals surface area contributed by atoms with Gasteiger partial charge in [0.25, 0.3) is 0 Å². The SMILES string of the molecule is O=C(C[C@H]1CCC[C@@H](C(=O)O)C1)c1ccccc1F. The standard InChI is InChI=1S/C15H17FO3/c16-13-7-2-1-6-12(13)14(17)9-10-4-3-5-11(8-10)15(18)19/h1-2,6-7,10-11H,3-5,8-9H2,(H,18,19)/t10-,11+/m0/s1. The number of carbonyl (C=O) groups is 2. The molecule has 0 saturated heterocycles. The summed E-state index contributed by atoms with van der Waals surface area (Å²) in [7, 11) is 0. The Balaban J connectivity index is 1.99. The van der Waals surface area contributed by atoms with Crippen LogP contribution in [0, 0.1) is 17.7 Å². The summed E-state index contributed by atoms with van der Waals surface area (Å²) in [6.07, 6.45) is 3.12. The second-order valence-electron chi connectivity index (χ2n) is 5.17. The third-order valence-corrected chi connectivity index (χ3v) is 3.78. The van der Waals surface area contributed by atoms with E-state index in [9.17, 15) is 14.0 Å². The maximum absolute atomic E-state index is 13.5. The van der Waals surface area contributed by atoms with Crippen LogP contribution in [-0.4, -0.2) is 16.9 Å². The maximum atomic E-state index is 13.5. The van der Waals surface area contributed by atoms with Gasteiger partial charge in [0, 0.05) is 6.42 Å². The fraction of sp³-hybridized carbons (Fsp3) is 0.467. The molecule has 19 heavy (non-hydrogen) atoms. The lowest BCUT2D eigenvalue weighted by Gasteiger charge is -2.26. The summed E-state index contributed by atoms with van der Waals surface area (Å²) in [6.45, 7) is 0. The van der Waals surface area contributed by atoms with Crippen molar-refractivity contribution < 1.29 is 19.1 Å². The number of ketones is 1. The Morgan fingerprint density at radius 2 is 2.00 bits per heavy atom. The summed E-state index contributed by atoms with van der Waals surface area (Å²) < 4.78 is 13.5. The fourth-order valence-electron chi connectivity index (χ4n) is 2.76. The van der Waals surface area contributed by atoms with E-state index in [1.165, 1.54) is 12.1 Å². The van der Waals surface area contributed by atoms with E-state index in [2.05, 4.69) is 0 Å². The third kappa shape index (κ3) is 3.40. The average molecular weight is 264 g/mol. The van der Waals surface area contributed by atoms with E-state index >= 15 is 0 Å². The fourth-order valence-corrected chi connectivity index (χ4v) is 2.76. The topological polar surface area (TPSA) is 54.4 Å². The van der Waals surface area contributed by atoms with Crippen molar-refractivity contribution in [2.45, 2.75) is 32.1 Å². The smallest absolute Gasteiger partial charge is 0.306 e. The van der Waals surface area contributed by atoms with Crippen LogP contribution in [0.25, 0.3) is 0 Å². The molecule has 3 nitrogen and oxygen atoms in total. The summed E-state index contributed by atoms with van der Waals surface area (Å²) in [6, 6.07) is 5.94. The molecule has 2 atom stereocenters. The summed E-state index contributed by atoms with van der Waals surface area (Å²) in [5, 5.41) is 9.01. The summed E-state index contributed by atoms with van der Waals surface area (Å²) in [5.74, 6) is -1.82. The van der Waals surface area contributed by atoms with Crippen molar-refractivity contribution in [1.82, 2.24) is 0 Å². The lowest BCUT2D eigenvalue weighted by Crippen LogP contribution is -2.24.